The summed E-state index contributed by atoms with van der Waals surface area (Å²) in [5.74, 6) is -0.618. The Hall–Kier alpha value is -1.42. The van der Waals surface area contributed by atoms with Gasteiger partial charge in [0.2, 0.25) is 5.91 Å². The number of amides is 1. The first kappa shape index (κ1) is 16.0. The van der Waals surface area contributed by atoms with Gasteiger partial charge in [0.05, 0.1) is 4.99 Å². The molecule has 21 heavy (non-hydrogen) atoms. The summed E-state index contributed by atoms with van der Waals surface area (Å²) < 4.78 is 0. The molecule has 0 aliphatic heterocycles. The van der Waals surface area contributed by atoms with E-state index in [1.165, 1.54) is 6.42 Å². The minimum atomic E-state index is -0.543. The molecule has 0 saturated heterocycles. The quantitative estimate of drug-likeness (QED) is 0.840. The first-order valence-electron chi connectivity index (χ1n) is 7.56. The van der Waals surface area contributed by atoms with Crippen molar-refractivity contribution in [1.29, 1.82) is 0 Å². The minimum Gasteiger partial charge on any atom is -0.392 e. The maximum absolute atomic E-state index is 12.7. The molecule has 0 radical (unpaired) electrons. The number of rotatable bonds is 4. The molecule has 0 spiro atoms. The maximum atomic E-state index is 12.7. The fourth-order valence-corrected chi connectivity index (χ4v) is 3.35. The van der Waals surface area contributed by atoms with Crippen molar-refractivity contribution in [2.75, 3.05) is 0 Å². The van der Waals surface area contributed by atoms with E-state index in [1.807, 2.05) is 30.3 Å². The van der Waals surface area contributed by atoms with E-state index in [0.717, 1.165) is 24.8 Å². The summed E-state index contributed by atoms with van der Waals surface area (Å²) in [6.07, 6.45) is 4.56. The second kappa shape index (κ2) is 6.56. The van der Waals surface area contributed by atoms with Crippen LogP contribution in [0, 0.1) is 5.41 Å². The topological polar surface area (TPSA) is 55.1 Å². The van der Waals surface area contributed by atoms with Crippen molar-refractivity contribution in [2.45, 2.75) is 51.5 Å². The third kappa shape index (κ3) is 3.82. The molecule has 0 heterocycles. The van der Waals surface area contributed by atoms with E-state index in [-0.39, 0.29) is 22.4 Å². The second-order valence-corrected chi connectivity index (χ2v) is 7.01. The van der Waals surface area contributed by atoms with Crippen molar-refractivity contribution in [3.8, 4) is 0 Å². The molecule has 2 rings (SSSR count). The molecular weight excluding hydrogens is 280 g/mol. The molecule has 1 aliphatic carbocycles. The Bertz CT molecular complexity index is 513. The first-order chi connectivity index (χ1) is 9.92. The van der Waals surface area contributed by atoms with E-state index < -0.39 is 5.92 Å². The van der Waals surface area contributed by atoms with Crippen molar-refractivity contribution in [2.24, 2.45) is 11.1 Å². The van der Waals surface area contributed by atoms with Crippen LogP contribution in [-0.2, 0) is 4.79 Å². The highest BCUT2D eigenvalue weighted by Gasteiger charge is 2.35. The Morgan fingerprint density at radius 2 is 2.00 bits per heavy atom. The number of benzene rings is 1. The average molecular weight is 304 g/mol. The molecule has 0 bridgehead atoms. The van der Waals surface area contributed by atoms with Crippen LogP contribution in [0.25, 0.3) is 0 Å². The van der Waals surface area contributed by atoms with Crippen LogP contribution in [-0.4, -0.2) is 16.9 Å². The lowest BCUT2D eigenvalue weighted by Gasteiger charge is -2.39. The Labute approximate surface area is 132 Å². The average Bonchev–Trinajstić information content (AvgIpc) is 2.42. The number of carbonyl (C=O) groups excluding carboxylic acids is 1. The van der Waals surface area contributed by atoms with Gasteiger partial charge in [0, 0.05) is 6.04 Å². The summed E-state index contributed by atoms with van der Waals surface area (Å²) in [5, 5.41) is 3.18. The van der Waals surface area contributed by atoms with Crippen LogP contribution in [0.1, 0.15) is 51.0 Å². The Kier molecular flexibility index (Phi) is 4.99. The molecule has 1 fully saturated rings. The first-order valence-corrected chi connectivity index (χ1v) is 7.97. The van der Waals surface area contributed by atoms with E-state index in [0.29, 0.717) is 0 Å². The van der Waals surface area contributed by atoms with Crippen LogP contribution in [0.4, 0.5) is 0 Å². The number of nitrogens with one attached hydrogen (secondary N) is 1. The van der Waals surface area contributed by atoms with Gasteiger partial charge in [0.15, 0.2) is 0 Å². The van der Waals surface area contributed by atoms with Gasteiger partial charge in [0.1, 0.15) is 5.92 Å². The third-order valence-corrected chi connectivity index (χ3v) is 4.74. The van der Waals surface area contributed by atoms with Gasteiger partial charge in [0.25, 0.3) is 0 Å². The Balaban J connectivity index is 2.15. The smallest absolute Gasteiger partial charge is 0.234 e. The molecule has 1 aromatic rings. The molecule has 2 atom stereocenters. The molecule has 1 aliphatic rings. The zero-order valence-electron chi connectivity index (χ0n) is 12.8. The summed E-state index contributed by atoms with van der Waals surface area (Å²) in [6.45, 7) is 4.44. The van der Waals surface area contributed by atoms with Gasteiger partial charge in [-0.05, 0) is 23.8 Å². The molecule has 114 valence electrons. The molecule has 0 aromatic heterocycles. The predicted molar refractivity (Wildman–Crippen MR) is 90.1 cm³/mol. The second-order valence-electron chi connectivity index (χ2n) is 6.54. The molecule has 3 nitrogen and oxygen atoms in total. The van der Waals surface area contributed by atoms with Crippen LogP contribution in [0.15, 0.2) is 30.3 Å². The normalized spacial score (nSPS) is 22.3. The van der Waals surface area contributed by atoms with Crippen LogP contribution in [0.3, 0.4) is 0 Å². The zero-order valence-corrected chi connectivity index (χ0v) is 13.6. The maximum Gasteiger partial charge on any atom is 0.234 e. The number of hydrogen-bond donors (Lipinski definition) is 2. The van der Waals surface area contributed by atoms with E-state index in [4.69, 9.17) is 18.0 Å². The number of nitrogens with two attached hydrogens (primary N) is 1. The van der Waals surface area contributed by atoms with Crippen LogP contribution < -0.4 is 11.1 Å². The molecular formula is C17H24N2OS. The van der Waals surface area contributed by atoms with Gasteiger partial charge < -0.3 is 11.1 Å². The minimum absolute atomic E-state index is 0.0753. The fourth-order valence-electron chi connectivity index (χ4n) is 3.11. The summed E-state index contributed by atoms with van der Waals surface area (Å²) in [6, 6.07) is 9.71. The van der Waals surface area contributed by atoms with Crippen molar-refractivity contribution < 1.29 is 4.79 Å². The summed E-state index contributed by atoms with van der Waals surface area (Å²) in [7, 11) is 0. The highest BCUT2D eigenvalue weighted by molar-refractivity contribution is 7.80. The van der Waals surface area contributed by atoms with Crippen LogP contribution in [0.2, 0.25) is 0 Å². The molecule has 1 amide bonds. The Morgan fingerprint density at radius 1 is 1.33 bits per heavy atom. The summed E-state index contributed by atoms with van der Waals surface area (Å²) in [5.41, 5.74) is 6.80. The van der Waals surface area contributed by atoms with Gasteiger partial charge >= 0.3 is 0 Å². The highest BCUT2D eigenvalue weighted by Crippen LogP contribution is 2.35. The SMILES string of the molecule is CC1(C)CCCCC1NC(=O)C(C(N)=S)c1ccccc1. The van der Waals surface area contributed by atoms with Crippen molar-refractivity contribution in [3.05, 3.63) is 35.9 Å². The number of thiocarbonyl (C=S) groups is 1. The van der Waals surface area contributed by atoms with Gasteiger partial charge in [-0.2, -0.15) is 0 Å². The molecule has 1 saturated carbocycles. The van der Waals surface area contributed by atoms with Crippen molar-refractivity contribution in [3.63, 3.8) is 0 Å². The standard InChI is InChI=1S/C17H24N2OS/c1-17(2)11-7-6-10-13(17)19-16(20)14(15(18)21)12-8-4-3-5-9-12/h3-5,8-9,13-14H,6-7,10-11H2,1-2H3,(H2,18,21)(H,19,20). The van der Waals surface area contributed by atoms with Crippen molar-refractivity contribution >= 4 is 23.1 Å². The molecule has 2 unspecified atom stereocenters. The van der Waals surface area contributed by atoms with Crippen LogP contribution >= 0.6 is 12.2 Å². The molecule has 4 heteroatoms. The highest BCUT2D eigenvalue weighted by atomic mass is 32.1. The Morgan fingerprint density at radius 3 is 2.57 bits per heavy atom. The van der Waals surface area contributed by atoms with Crippen molar-refractivity contribution in [1.82, 2.24) is 5.32 Å². The van der Waals surface area contributed by atoms with Gasteiger partial charge in [-0.25, -0.2) is 0 Å². The fraction of sp³-hybridized carbons (Fsp3) is 0.529. The van der Waals surface area contributed by atoms with Crippen LogP contribution in [0.5, 0.6) is 0 Å². The number of hydrogen-bond acceptors (Lipinski definition) is 2. The van der Waals surface area contributed by atoms with E-state index >= 15 is 0 Å². The predicted octanol–water partition coefficient (Wildman–Crippen LogP) is 3.14. The summed E-state index contributed by atoms with van der Waals surface area (Å²) >= 11 is 5.12. The zero-order chi connectivity index (χ0) is 15.5. The lowest BCUT2D eigenvalue weighted by molar-refractivity contribution is -0.123. The van der Waals surface area contributed by atoms with Gasteiger partial charge in [-0.15, -0.1) is 0 Å². The van der Waals surface area contributed by atoms with E-state index in [1.54, 1.807) is 0 Å². The largest absolute Gasteiger partial charge is 0.392 e. The molecule has 1 aromatic carbocycles. The lowest BCUT2D eigenvalue weighted by Crippen LogP contribution is -2.49. The summed E-state index contributed by atoms with van der Waals surface area (Å²) in [4.78, 5) is 12.9. The van der Waals surface area contributed by atoms with Gasteiger partial charge in [-0.1, -0.05) is 69.2 Å². The van der Waals surface area contributed by atoms with E-state index in [2.05, 4.69) is 19.2 Å². The molecule has 3 N–H and O–H groups in total. The lowest BCUT2D eigenvalue weighted by atomic mass is 9.73. The number of carbonyl (C=O) groups is 1. The van der Waals surface area contributed by atoms with E-state index in [9.17, 15) is 4.79 Å². The van der Waals surface area contributed by atoms with Gasteiger partial charge in [-0.3, -0.25) is 4.79 Å². The third-order valence-electron chi connectivity index (χ3n) is 4.50. The monoisotopic (exact) mass is 304 g/mol.